The Balaban J connectivity index is 0. The maximum absolute atomic E-state index is 5.80. The lowest BCUT2D eigenvalue weighted by atomic mass is 10.3. The molecule has 0 unspecified atom stereocenters. The van der Waals surface area contributed by atoms with Gasteiger partial charge in [0.25, 0.3) is 0 Å². The lowest BCUT2D eigenvalue weighted by Gasteiger charge is -1.94. The second-order valence-electron chi connectivity index (χ2n) is 2.15. The molecular formula is C10H18ClN. The maximum Gasteiger partial charge on any atom is 0.0615 e. The zero-order chi connectivity index (χ0) is 10.1. The van der Waals surface area contributed by atoms with Gasteiger partial charge >= 0.3 is 0 Å². The van der Waals surface area contributed by atoms with Crippen LogP contribution in [0.1, 0.15) is 27.7 Å². The number of hydrogen-bond donors (Lipinski definition) is 0. The summed E-state index contributed by atoms with van der Waals surface area (Å²) in [6.07, 6.45) is 1.80. The lowest BCUT2D eigenvalue weighted by molar-refractivity contribution is 1.42. The molecule has 1 nitrogen and oxygen atoms in total. The largest absolute Gasteiger partial charge is 0.292 e. The highest BCUT2D eigenvalue weighted by Gasteiger charge is 1.93. The van der Waals surface area contributed by atoms with Crippen LogP contribution in [0.2, 0.25) is 0 Å². The standard InChI is InChI=1S/C8H12ClN.C2H6/c1-6(2)5-8(9)7(3)10-4;1-2/h5H,1H2,2-4H3;1-2H3/b8-5+,10-7?;. The van der Waals surface area contributed by atoms with Crippen molar-refractivity contribution >= 4 is 17.3 Å². The second-order valence-corrected chi connectivity index (χ2v) is 2.55. The summed E-state index contributed by atoms with van der Waals surface area (Å²) in [7, 11) is 1.71. The van der Waals surface area contributed by atoms with Crippen molar-refractivity contribution < 1.29 is 0 Å². The minimum Gasteiger partial charge on any atom is -0.292 e. The Kier molecular flexibility index (Phi) is 9.95. The Morgan fingerprint density at radius 1 is 1.33 bits per heavy atom. The van der Waals surface area contributed by atoms with Gasteiger partial charge in [0, 0.05) is 12.8 Å². The predicted molar refractivity (Wildman–Crippen MR) is 59.1 cm³/mol. The first-order valence-electron chi connectivity index (χ1n) is 4.04. The first-order chi connectivity index (χ1) is 5.57. The average Bonchev–Trinajstić information content (AvgIpc) is 2.05. The van der Waals surface area contributed by atoms with E-state index in [2.05, 4.69) is 11.6 Å². The smallest absolute Gasteiger partial charge is 0.0615 e. The number of rotatable bonds is 2. The van der Waals surface area contributed by atoms with Crippen LogP contribution in [0.15, 0.2) is 28.3 Å². The topological polar surface area (TPSA) is 12.4 Å². The van der Waals surface area contributed by atoms with Crippen LogP contribution in [0, 0.1) is 0 Å². The van der Waals surface area contributed by atoms with Crippen molar-refractivity contribution in [3.63, 3.8) is 0 Å². The Hall–Kier alpha value is -0.560. The van der Waals surface area contributed by atoms with E-state index in [1.807, 2.05) is 27.7 Å². The van der Waals surface area contributed by atoms with Gasteiger partial charge in [0.2, 0.25) is 0 Å². The van der Waals surface area contributed by atoms with Gasteiger partial charge in [-0.05, 0) is 19.9 Å². The molecular weight excluding hydrogens is 170 g/mol. The van der Waals surface area contributed by atoms with E-state index in [-0.39, 0.29) is 0 Å². The van der Waals surface area contributed by atoms with Gasteiger partial charge in [-0.15, -0.1) is 0 Å². The Morgan fingerprint density at radius 2 is 1.75 bits per heavy atom. The van der Waals surface area contributed by atoms with Crippen molar-refractivity contribution in [1.82, 2.24) is 0 Å². The van der Waals surface area contributed by atoms with Crippen molar-refractivity contribution in [2.75, 3.05) is 7.05 Å². The molecule has 0 fully saturated rings. The molecule has 0 aromatic carbocycles. The van der Waals surface area contributed by atoms with Gasteiger partial charge in [-0.25, -0.2) is 0 Å². The normalized spacial score (nSPS) is 11.8. The van der Waals surface area contributed by atoms with Gasteiger partial charge in [-0.1, -0.05) is 37.6 Å². The molecule has 0 bridgehead atoms. The fourth-order valence-electron chi connectivity index (χ4n) is 0.428. The van der Waals surface area contributed by atoms with Gasteiger partial charge in [0.05, 0.1) is 5.03 Å². The number of allylic oxidation sites excluding steroid dienone is 3. The van der Waals surface area contributed by atoms with E-state index in [0.717, 1.165) is 11.3 Å². The zero-order valence-electron chi connectivity index (χ0n) is 8.61. The summed E-state index contributed by atoms with van der Waals surface area (Å²) in [5.41, 5.74) is 1.78. The molecule has 12 heavy (non-hydrogen) atoms. The molecule has 0 amide bonds. The Morgan fingerprint density at radius 3 is 2.00 bits per heavy atom. The van der Waals surface area contributed by atoms with E-state index >= 15 is 0 Å². The molecule has 0 saturated heterocycles. The minimum absolute atomic E-state index is 0.662. The summed E-state index contributed by atoms with van der Waals surface area (Å²) in [4.78, 5) is 3.92. The SMILES string of the molecule is C=C(C)/C=C(/Cl)C(C)=NC.CC. The van der Waals surface area contributed by atoms with Gasteiger partial charge < -0.3 is 0 Å². The number of halogens is 1. The lowest BCUT2D eigenvalue weighted by Crippen LogP contribution is -1.89. The maximum atomic E-state index is 5.80. The summed E-state index contributed by atoms with van der Waals surface area (Å²) < 4.78 is 0. The third-order valence-corrected chi connectivity index (χ3v) is 1.44. The first-order valence-corrected chi connectivity index (χ1v) is 4.42. The van der Waals surface area contributed by atoms with Crippen LogP contribution in [0.4, 0.5) is 0 Å². The van der Waals surface area contributed by atoms with Crippen LogP contribution in [0.5, 0.6) is 0 Å². The third-order valence-electron chi connectivity index (χ3n) is 1.05. The summed E-state index contributed by atoms with van der Waals surface area (Å²) in [6, 6.07) is 0. The zero-order valence-corrected chi connectivity index (χ0v) is 9.37. The van der Waals surface area contributed by atoms with Crippen LogP contribution >= 0.6 is 11.6 Å². The van der Waals surface area contributed by atoms with Gasteiger partial charge in [-0.2, -0.15) is 0 Å². The molecule has 0 aliphatic rings. The molecule has 0 aromatic rings. The van der Waals surface area contributed by atoms with Crippen molar-refractivity contribution in [2.24, 2.45) is 4.99 Å². The summed E-state index contributed by atoms with van der Waals surface area (Å²) in [5.74, 6) is 0. The van der Waals surface area contributed by atoms with E-state index < -0.39 is 0 Å². The highest BCUT2D eigenvalue weighted by atomic mass is 35.5. The monoisotopic (exact) mass is 187 g/mol. The highest BCUT2D eigenvalue weighted by molar-refractivity contribution is 6.43. The third kappa shape index (κ3) is 7.55. The molecule has 0 radical (unpaired) electrons. The van der Waals surface area contributed by atoms with Crippen LogP contribution in [0.25, 0.3) is 0 Å². The molecule has 0 heterocycles. The van der Waals surface area contributed by atoms with E-state index in [9.17, 15) is 0 Å². The van der Waals surface area contributed by atoms with E-state index in [0.29, 0.717) is 5.03 Å². The van der Waals surface area contributed by atoms with E-state index in [1.54, 1.807) is 13.1 Å². The number of aliphatic imine (C=N–C) groups is 1. The van der Waals surface area contributed by atoms with Crippen molar-refractivity contribution in [1.29, 1.82) is 0 Å². The Labute approximate surface area is 80.8 Å². The molecule has 0 spiro atoms. The average molecular weight is 188 g/mol. The molecule has 2 heteroatoms. The van der Waals surface area contributed by atoms with Crippen LogP contribution in [-0.4, -0.2) is 12.8 Å². The summed E-state index contributed by atoms with van der Waals surface area (Å²) in [6.45, 7) is 11.5. The molecule has 0 saturated carbocycles. The van der Waals surface area contributed by atoms with E-state index in [4.69, 9.17) is 11.6 Å². The number of nitrogens with zero attached hydrogens (tertiary/aromatic N) is 1. The van der Waals surface area contributed by atoms with Crippen LogP contribution < -0.4 is 0 Å². The fourth-order valence-corrected chi connectivity index (χ4v) is 0.698. The molecule has 0 aliphatic carbocycles. The molecule has 0 aliphatic heterocycles. The highest BCUT2D eigenvalue weighted by Crippen LogP contribution is 2.06. The minimum atomic E-state index is 0.662. The second kappa shape index (κ2) is 8.54. The summed E-state index contributed by atoms with van der Waals surface area (Å²) >= 11 is 5.80. The van der Waals surface area contributed by atoms with Gasteiger partial charge in [-0.3, -0.25) is 4.99 Å². The predicted octanol–water partition coefficient (Wildman–Crippen LogP) is 3.80. The molecule has 70 valence electrons. The van der Waals surface area contributed by atoms with Crippen molar-refractivity contribution in [3.05, 3.63) is 23.3 Å². The van der Waals surface area contributed by atoms with Gasteiger partial charge in [0.1, 0.15) is 0 Å². The molecule has 0 aromatic heterocycles. The molecule has 0 N–H and O–H groups in total. The van der Waals surface area contributed by atoms with Crippen molar-refractivity contribution in [3.8, 4) is 0 Å². The van der Waals surface area contributed by atoms with Crippen LogP contribution in [0.3, 0.4) is 0 Å². The number of hydrogen-bond acceptors (Lipinski definition) is 1. The van der Waals surface area contributed by atoms with Gasteiger partial charge in [0.15, 0.2) is 0 Å². The molecule has 0 rings (SSSR count). The summed E-state index contributed by atoms with van der Waals surface area (Å²) in [5, 5.41) is 0.662. The fraction of sp³-hybridized carbons (Fsp3) is 0.500. The first kappa shape index (κ1) is 14.0. The van der Waals surface area contributed by atoms with E-state index in [1.165, 1.54) is 0 Å². The van der Waals surface area contributed by atoms with Crippen LogP contribution in [-0.2, 0) is 0 Å². The quantitative estimate of drug-likeness (QED) is 0.461. The Bertz CT molecular complexity index is 190. The van der Waals surface area contributed by atoms with Crippen molar-refractivity contribution in [2.45, 2.75) is 27.7 Å². The molecule has 0 atom stereocenters.